The van der Waals surface area contributed by atoms with Crippen LogP contribution in [0.3, 0.4) is 0 Å². The zero-order valence-electron chi connectivity index (χ0n) is 15.3. The number of benzene rings is 1. The second-order valence-electron chi connectivity index (χ2n) is 7.27. The van der Waals surface area contributed by atoms with Crippen LogP contribution < -0.4 is 5.32 Å². The quantitative estimate of drug-likeness (QED) is 0.757. The summed E-state index contributed by atoms with van der Waals surface area (Å²) in [6.45, 7) is 1.92. The van der Waals surface area contributed by atoms with E-state index < -0.39 is 10.0 Å². The van der Waals surface area contributed by atoms with E-state index in [0.717, 1.165) is 32.1 Å². The Kier molecular flexibility index (Phi) is 5.43. The van der Waals surface area contributed by atoms with Crippen molar-refractivity contribution in [2.24, 2.45) is 0 Å². The Bertz CT molecular complexity index is 877. The standard InChI is InChI=1S/C20H25N3O2S2/c24-27(25,23-14-5-2-6-15-23)18-10-7-13-21-19(18)22-16-20(11-12-20)26-17-8-3-1-4-9-17/h1,3-4,7-10,13H,2,5-6,11-12,14-16H2,(H,21,22). The highest BCUT2D eigenvalue weighted by Gasteiger charge is 2.44. The molecule has 2 aromatic rings. The van der Waals surface area contributed by atoms with E-state index in [1.165, 1.54) is 4.90 Å². The highest BCUT2D eigenvalue weighted by atomic mass is 32.2. The summed E-state index contributed by atoms with van der Waals surface area (Å²) in [6.07, 6.45) is 6.87. The average Bonchev–Trinajstić information content (AvgIpc) is 3.48. The van der Waals surface area contributed by atoms with Crippen molar-refractivity contribution in [2.75, 3.05) is 25.0 Å². The van der Waals surface area contributed by atoms with E-state index in [1.54, 1.807) is 22.6 Å². The molecule has 0 amide bonds. The van der Waals surface area contributed by atoms with Crippen molar-refractivity contribution in [3.8, 4) is 0 Å². The van der Waals surface area contributed by atoms with Gasteiger partial charge in [0.15, 0.2) is 0 Å². The number of piperidine rings is 1. The first-order chi connectivity index (χ1) is 13.1. The Balaban J connectivity index is 1.49. The van der Waals surface area contributed by atoms with Gasteiger partial charge in [-0.2, -0.15) is 4.31 Å². The molecule has 0 bridgehead atoms. The third kappa shape index (κ3) is 4.31. The molecular formula is C20H25N3O2S2. The first-order valence-electron chi connectivity index (χ1n) is 9.52. The van der Waals surface area contributed by atoms with Crippen LogP contribution in [-0.4, -0.2) is 42.1 Å². The van der Waals surface area contributed by atoms with Crippen LogP contribution in [0, 0.1) is 0 Å². The zero-order valence-corrected chi connectivity index (χ0v) is 16.9. The van der Waals surface area contributed by atoms with Gasteiger partial charge < -0.3 is 5.32 Å². The number of nitrogens with zero attached hydrogens (tertiary/aromatic N) is 2. The number of sulfonamides is 1. The van der Waals surface area contributed by atoms with E-state index in [1.807, 2.05) is 30.0 Å². The molecule has 4 rings (SSSR count). The highest BCUT2D eigenvalue weighted by Crippen LogP contribution is 2.51. The first kappa shape index (κ1) is 18.8. The number of hydrogen-bond acceptors (Lipinski definition) is 5. The molecule has 5 nitrogen and oxygen atoms in total. The third-order valence-corrected chi connectivity index (χ3v) is 8.59. The molecule has 1 aromatic carbocycles. The van der Waals surface area contributed by atoms with Gasteiger partial charge in [-0.05, 0) is 49.9 Å². The Hall–Kier alpha value is -1.57. The fourth-order valence-electron chi connectivity index (χ4n) is 3.41. The molecule has 0 unspecified atom stereocenters. The lowest BCUT2D eigenvalue weighted by atomic mass is 10.2. The summed E-state index contributed by atoms with van der Waals surface area (Å²) < 4.78 is 27.9. The molecule has 1 aliphatic carbocycles. The molecule has 2 fully saturated rings. The number of hydrogen-bond donors (Lipinski definition) is 1. The largest absolute Gasteiger partial charge is 0.368 e. The summed E-state index contributed by atoms with van der Waals surface area (Å²) in [5.74, 6) is 0.475. The van der Waals surface area contributed by atoms with Crippen LogP contribution in [0.1, 0.15) is 32.1 Å². The Morgan fingerprint density at radius 2 is 1.78 bits per heavy atom. The monoisotopic (exact) mass is 403 g/mol. The number of thioether (sulfide) groups is 1. The summed E-state index contributed by atoms with van der Waals surface area (Å²) in [5.41, 5.74) is 0. The van der Waals surface area contributed by atoms with Crippen molar-refractivity contribution in [3.05, 3.63) is 48.7 Å². The van der Waals surface area contributed by atoms with Crippen molar-refractivity contribution in [1.29, 1.82) is 0 Å². The molecule has 1 saturated heterocycles. The van der Waals surface area contributed by atoms with Gasteiger partial charge in [-0.3, -0.25) is 0 Å². The molecule has 144 valence electrons. The van der Waals surface area contributed by atoms with Gasteiger partial charge in [-0.1, -0.05) is 24.6 Å². The van der Waals surface area contributed by atoms with Crippen molar-refractivity contribution in [2.45, 2.75) is 46.6 Å². The van der Waals surface area contributed by atoms with Gasteiger partial charge in [-0.25, -0.2) is 13.4 Å². The summed E-state index contributed by atoms with van der Waals surface area (Å²) in [4.78, 5) is 5.90. The van der Waals surface area contributed by atoms with E-state index in [9.17, 15) is 8.42 Å². The molecule has 0 atom stereocenters. The number of pyridine rings is 1. The van der Waals surface area contributed by atoms with Crippen LogP contribution in [0.25, 0.3) is 0 Å². The molecule has 1 N–H and O–H groups in total. The van der Waals surface area contributed by atoms with Crippen molar-refractivity contribution in [1.82, 2.24) is 9.29 Å². The Labute approximate surface area is 165 Å². The molecular weight excluding hydrogens is 378 g/mol. The zero-order chi connectivity index (χ0) is 18.7. The Morgan fingerprint density at radius 3 is 2.48 bits per heavy atom. The van der Waals surface area contributed by atoms with Crippen molar-refractivity contribution in [3.63, 3.8) is 0 Å². The SMILES string of the molecule is O=S(=O)(c1cccnc1NCC1(Sc2ccccc2)CC1)N1CCCCC1. The van der Waals surface area contributed by atoms with Gasteiger partial charge >= 0.3 is 0 Å². The van der Waals surface area contributed by atoms with Crippen LogP contribution in [0.5, 0.6) is 0 Å². The van der Waals surface area contributed by atoms with Crippen LogP contribution >= 0.6 is 11.8 Å². The number of rotatable bonds is 7. The topological polar surface area (TPSA) is 62.3 Å². The van der Waals surface area contributed by atoms with Gasteiger partial charge in [0.25, 0.3) is 0 Å². The summed E-state index contributed by atoms with van der Waals surface area (Å²) >= 11 is 1.87. The van der Waals surface area contributed by atoms with Crippen LogP contribution in [0.15, 0.2) is 58.5 Å². The maximum Gasteiger partial charge on any atom is 0.246 e. The van der Waals surface area contributed by atoms with Crippen LogP contribution in [0.2, 0.25) is 0 Å². The fourth-order valence-corrected chi connectivity index (χ4v) is 6.29. The summed E-state index contributed by atoms with van der Waals surface area (Å²) in [5, 5.41) is 3.34. The predicted molar refractivity (Wildman–Crippen MR) is 110 cm³/mol. The molecule has 1 aliphatic heterocycles. The molecule has 2 aliphatic rings. The minimum absolute atomic E-state index is 0.130. The van der Waals surface area contributed by atoms with Crippen LogP contribution in [0.4, 0.5) is 5.82 Å². The van der Waals surface area contributed by atoms with Crippen molar-refractivity contribution < 1.29 is 8.42 Å². The van der Waals surface area contributed by atoms with E-state index in [2.05, 4.69) is 22.4 Å². The lowest BCUT2D eigenvalue weighted by Crippen LogP contribution is -2.36. The van der Waals surface area contributed by atoms with Gasteiger partial charge in [0.2, 0.25) is 10.0 Å². The number of nitrogens with one attached hydrogen (secondary N) is 1. The molecule has 2 heterocycles. The molecule has 1 saturated carbocycles. The molecule has 0 radical (unpaired) electrons. The van der Waals surface area contributed by atoms with E-state index in [4.69, 9.17) is 0 Å². The van der Waals surface area contributed by atoms with Gasteiger partial charge in [-0.15, -0.1) is 11.8 Å². The maximum atomic E-state index is 13.1. The lowest BCUT2D eigenvalue weighted by Gasteiger charge is -2.27. The molecule has 0 spiro atoms. The molecule has 7 heteroatoms. The summed E-state index contributed by atoms with van der Waals surface area (Å²) in [7, 11) is -3.50. The van der Waals surface area contributed by atoms with Crippen molar-refractivity contribution >= 4 is 27.6 Å². The normalized spacial score (nSPS) is 19.6. The fraction of sp³-hybridized carbons (Fsp3) is 0.450. The Morgan fingerprint density at radius 1 is 1.04 bits per heavy atom. The third-order valence-electron chi connectivity index (χ3n) is 5.17. The second kappa shape index (κ2) is 7.81. The smallest absolute Gasteiger partial charge is 0.246 e. The van der Waals surface area contributed by atoms with Gasteiger partial charge in [0.05, 0.1) is 0 Å². The highest BCUT2D eigenvalue weighted by molar-refractivity contribution is 8.01. The van der Waals surface area contributed by atoms with E-state index >= 15 is 0 Å². The predicted octanol–water partition coefficient (Wildman–Crippen LogP) is 3.99. The minimum atomic E-state index is -3.50. The van der Waals surface area contributed by atoms with Crippen LogP contribution in [-0.2, 0) is 10.0 Å². The lowest BCUT2D eigenvalue weighted by molar-refractivity contribution is 0.346. The maximum absolute atomic E-state index is 13.1. The first-order valence-corrected chi connectivity index (χ1v) is 11.8. The van der Waals surface area contributed by atoms with Gasteiger partial charge in [0.1, 0.15) is 10.7 Å². The molecule has 1 aromatic heterocycles. The second-order valence-corrected chi connectivity index (χ2v) is 10.7. The molecule has 27 heavy (non-hydrogen) atoms. The minimum Gasteiger partial charge on any atom is -0.368 e. The number of anilines is 1. The van der Waals surface area contributed by atoms with E-state index in [-0.39, 0.29) is 4.75 Å². The van der Waals surface area contributed by atoms with Gasteiger partial charge in [0, 0.05) is 35.5 Å². The average molecular weight is 404 g/mol. The summed E-state index contributed by atoms with van der Waals surface area (Å²) in [6, 6.07) is 13.7. The van der Waals surface area contributed by atoms with E-state index in [0.29, 0.717) is 30.3 Å². The number of aromatic nitrogens is 1.